The Kier molecular flexibility index (Phi) is 6.45. The highest BCUT2D eigenvalue weighted by molar-refractivity contribution is 6.46. The van der Waals surface area contributed by atoms with E-state index in [-0.39, 0.29) is 28.7 Å². The number of hydrogen-bond acceptors (Lipinski definition) is 4. The molecule has 2 aliphatic rings. The second-order valence-corrected chi connectivity index (χ2v) is 7.82. The normalized spacial score (nSPS) is 24.2. The molecule has 2 fully saturated rings. The molecular weight excluding hydrogens is 411 g/mol. The summed E-state index contributed by atoms with van der Waals surface area (Å²) in [6.45, 7) is 1.58. The molecule has 2 atom stereocenters. The number of carbonyl (C=O) groups excluding carboxylic acids is 2. The van der Waals surface area contributed by atoms with Crippen LogP contribution in [0.1, 0.15) is 48.5 Å². The summed E-state index contributed by atoms with van der Waals surface area (Å²) >= 11 is 5.81. The quantitative estimate of drug-likeness (QED) is 0.702. The smallest absolute Gasteiger partial charge is 0.404 e. The van der Waals surface area contributed by atoms with Crippen molar-refractivity contribution in [2.24, 2.45) is 0 Å². The van der Waals surface area contributed by atoms with Crippen molar-refractivity contribution in [1.29, 1.82) is 0 Å². The van der Waals surface area contributed by atoms with E-state index in [4.69, 9.17) is 20.9 Å². The summed E-state index contributed by atoms with van der Waals surface area (Å²) in [7, 11) is -0.569. The molecule has 0 bridgehead atoms. The van der Waals surface area contributed by atoms with Crippen molar-refractivity contribution in [3.05, 3.63) is 34.3 Å². The molecule has 0 spiro atoms. The number of amides is 2. The number of fused-ring (bicyclic) bond motifs is 1. The highest BCUT2D eigenvalue weighted by atomic mass is 35.5. The van der Waals surface area contributed by atoms with Crippen LogP contribution in [-0.2, 0) is 20.3 Å². The van der Waals surface area contributed by atoms with Crippen LogP contribution in [0, 0.1) is 0 Å². The van der Waals surface area contributed by atoms with Gasteiger partial charge in [0.25, 0.3) is 5.91 Å². The van der Waals surface area contributed by atoms with Crippen molar-refractivity contribution in [3.63, 3.8) is 0 Å². The molecule has 1 aromatic carbocycles. The highest BCUT2D eigenvalue weighted by Crippen LogP contribution is 2.39. The van der Waals surface area contributed by atoms with E-state index in [1.165, 1.54) is 0 Å². The number of hydrogen-bond donors (Lipinski definition) is 2. The van der Waals surface area contributed by atoms with Crippen LogP contribution >= 0.6 is 11.6 Å². The number of nitrogens with one attached hydrogen (secondary N) is 2. The van der Waals surface area contributed by atoms with Crippen molar-refractivity contribution in [2.45, 2.75) is 50.5 Å². The van der Waals surface area contributed by atoms with Gasteiger partial charge in [-0.1, -0.05) is 24.4 Å². The largest absolute Gasteiger partial charge is 0.478 e. The third-order valence-electron chi connectivity index (χ3n) is 5.20. The average molecular weight is 433 g/mol. The topological polar surface area (TPSA) is 76.7 Å². The molecule has 1 saturated heterocycles. The Balaban J connectivity index is 1.48. The van der Waals surface area contributed by atoms with Gasteiger partial charge in [0.15, 0.2) is 0 Å². The Hall–Kier alpha value is -1.78. The van der Waals surface area contributed by atoms with Crippen LogP contribution in [0.5, 0.6) is 0 Å². The van der Waals surface area contributed by atoms with Gasteiger partial charge in [0.1, 0.15) is 0 Å². The lowest BCUT2D eigenvalue weighted by atomic mass is 9.84. The third-order valence-corrected chi connectivity index (χ3v) is 5.53. The van der Waals surface area contributed by atoms with Crippen LogP contribution in [-0.4, -0.2) is 43.6 Å². The molecule has 1 aliphatic carbocycles. The molecule has 1 aromatic rings. The molecule has 0 radical (unpaired) electrons. The standard InChI is InChI=1S/C18H21BClF3N2O4/c1-17-7-3-2-4-14(17)28-19(29-17)10-25-15(26)9-24-16(27)12-8-11(18(21,22)23)5-6-13(12)20/h5-6,8,14H,2-4,7,9-10H2,1H3,(H,24,27)(H,25,26)/t14-,17+/m1/s1. The maximum absolute atomic E-state index is 12.8. The second kappa shape index (κ2) is 8.53. The van der Waals surface area contributed by atoms with Crippen molar-refractivity contribution in [3.8, 4) is 0 Å². The molecule has 29 heavy (non-hydrogen) atoms. The Morgan fingerprint density at radius 3 is 2.76 bits per heavy atom. The third kappa shape index (κ3) is 5.23. The summed E-state index contributed by atoms with van der Waals surface area (Å²) in [5.74, 6) is -1.39. The highest BCUT2D eigenvalue weighted by Gasteiger charge is 2.49. The zero-order valence-corrected chi connectivity index (χ0v) is 16.5. The molecule has 158 valence electrons. The first-order valence-electron chi connectivity index (χ1n) is 9.33. The monoisotopic (exact) mass is 432 g/mol. The van der Waals surface area contributed by atoms with Crippen LogP contribution in [0.15, 0.2) is 18.2 Å². The minimum atomic E-state index is -4.61. The Bertz CT molecular complexity index is 795. The van der Waals surface area contributed by atoms with E-state index in [0.29, 0.717) is 6.07 Å². The molecule has 3 rings (SSSR count). The van der Waals surface area contributed by atoms with Gasteiger partial charge in [-0.2, -0.15) is 13.2 Å². The number of benzene rings is 1. The summed E-state index contributed by atoms with van der Waals surface area (Å²) in [5, 5.41) is 4.72. The maximum atomic E-state index is 12.8. The molecule has 1 aliphatic heterocycles. The van der Waals surface area contributed by atoms with Crippen LogP contribution in [0.2, 0.25) is 5.02 Å². The van der Waals surface area contributed by atoms with Crippen LogP contribution in [0.3, 0.4) is 0 Å². The zero-order valence-electron chi connectivity index (χ0n) is 15.8. The summed E-state index contributed by atoms with van der Waals surface area (Å²) in [6.07, 6.45) is -0.533. The van der Waals surface area contributed by atoms with Crippen molar-refractivity contribution in [1.82, 2.24) is 10.6 Å². The van der Waals surface area contributed by atoms with Crippen molar-refractivity contribution in [2.75, 3.05) is 13.0 Å². The first-order chi connectivity index (χ1) is 13.6. The van der Waals surface area contributed by atoms with Gasteiger partial charge >= 0.3 is 13.3 Å². The van der Waals surface area contributed by atoms with E-state index in [1.54, 1.807) is 0 Å². The van der Waals surface area contributed by atoms with Gasteiger partial charge < -0.3 is 19.9 Å². The lowest BCUT2D eigenvalue weighted by Crippen LogP contribution is -2.43. The minimum Gasteiger partial charge on any atom is -0.404 e. The summed E-state index contributed by atoms with van der Waals surface area (Å²) in [5.41, 5.74) is -1.70. The Morgan fingerprint density at radius 2 is 2.07 bits per heavy atom. The maximum Gasteiger partial charge on any atom is 0.478 e. The number of alkyl halides is 3. The first-order valence-corrected chi connectivity index (χ1v) is 9.71. The molecule has 1 saturated carbocycles. The van der Waals surface area contributed by atoms with E-state index < -0.39 is 37.2 Å². The van der Waals surface area contributed by atoms with Crippen LogP contribution in [0.25, 0.3) is 0 Å². The van der Waals surface area contributed by atoms with E-state index in [0.717, 1.165) is 37.8 Å². The number of halogens is 4. The molecule has 2 N–H and O–H groups in total. The molecule has 0 unspecified atom stereocenters. The molecule has 0 aromatic heterocycles. The van der Waals surface area contributed by atoms with Gasteiger partial charge in [-0.3, -0.25) is 9.59 Å². The van der Waals surface area contributed by atoms with Gasteiger partial charge in [-0.05, 0) is 38.0 Å². The molecule has 1 heterocycles. The Labute approximate surface area is 171 Å². The first kappa shape index (κ1) is 21.9. The van der Waals surface area contributed by atoms with Gasteiger partial charge in [-0.25, -0.2) is 0 Å². The second-order valence-electron chi connectivity index (χ2n) is 7.41. The van der Waals surface area contributed by atoms with Gasteiger partial charge in [0.05, 0.1) is 40.8 Å². The SMILES string of the molecule is C[C@]12CCCC[C@H]1OB(CNC(=O)CNC(=O)c1cc(C(F)(F)F)ccc1Cl)O2. The molecule has 11 heteroatoms. The summed E-state index contributed by atoms with van der Waals surface area (Å²) in [4.78, 5) is 24.1. The van der Waals surface area contributed by atoms with Crippen molar-refractivity contribution >= 4 is 30.5 Å². The van der Waals surface area contributed by atoms with Gasteiger partial charge in [-0.15, -0.1) is 0 Å². The fourth-order valence-corrected chi connectivity index (χ4v) is 3.81. The van der Waals surface area contributed by atoms with Gasteiger partial charge in [0.2, 0.25) is 5.91 Å². The van der Waals surface area contributed by atoms with E-state index in [9.17, 15) is 22.8 Å². The van der Waals surface area contributed by atoms with Crippen molar-refractivity contribution < 1.29 is 32.1 Å². The van der Waals surface area contributed by atoms with Gasteiger partial charge in [0, 0.05) is 0 Å². The Morgan fingerprint density at radius 1 is 1.31 bits per heavy atom. The fourth-order valence-electron chi connectivity index (χ4n) is 3.61. The van der Waals surface area contributed by atoms with E-state index in [2.05, 4.69) is 10.6 Å². The molecular formula is C18H21BClF3N2O4. The van der Waals surface area contributed by atoms with E-state index in [1.807, 2.05) is 6.92 Å². The lowest BCUT2D eigenvalue weighted by molar-refractivity contribution is -0.137. The number of rotatable bonds is 5. The molecule has 2 amide bonds. The fraction of sp³-hybridized carbons (Fsp3) is 0.556. The summed E-state index contributed by atoms with van der Waals surface area (Å²) < 4.78 is 50.1. The zero-order chi connectivity index (χ0) is 21.2. The van der Waals surface area contributed by atoms with Crippen LogP contribution < -0.4 is 10.6 Å². The number of carbonyl (C=O) groups is 2. The lowest BCUT2D eigenvalue weighted by Gasteiger charge is -2.34. The minimum absolute atomic E-state index is 0.000839. The van der Waals surface area contributed by atoms with E-state index >= 15 is 0 Å². The average Bonchev–Trinajstić information content (AvgIpc) is 3.00. The van der Waals surface area contributed by atoms with Crippen LogP contribution in [0.4, 0.5) is 13.2 Å². The predicted octanol–water partition coefficient (Wildman–Crippen LogP) is 2.98. The predicted molar refractivity (Wildman–Crippen MR) is 100 cm³/mol. The summed E-state index contributed by atoms with van der Waals surface area (Å²) in [6, 6.07) is 2.43. The molecule has 6 nitrogen and oxygen atoms in total.